The van der Waals surface area contributed by atoms with Crippen LogP contribution in [0.4, 0.5) is 0 Å². The van der Waals surface area contributed by atoms with Crippen LogP contribution in [0.3, 0.4) is 0 Å². The molecule has 0 aromatic heterocycles. The van der Waals surface area contributed by atoms with Gasteiger partial charge in [0.15, 0.2) is 5.78 Å². The Morgan fingerprint density at radius 1 is 1.47 bits per heavy atom. The van der Waals surface area contributed by atoms with E-state index < -0.39 is 22.5 Å². The van der Waals surface area contributed by atoms with Gasteiger partial charge in [0.2, 0.25) is 0 Å². The van der Waals surface area contributed by atoms with Crippen LogP contribution >= 0.6 is 11.6 Å². The molecule has 0 aliphatic heterocycles. The molecular formula is C9H9ClO4S. The van der Waals surface area contributed by atoms with Crippen LogP contribution in [-0.2, 0) is 14.3 Å². The lowest BCUT2D eigenvalue weighted by atomic mass is 10.1. The van der Waals surface area contributed by atoms with Crippen LogP contribution in [0.25, 0.3) is 0 Å². The summed E-state index contributed by atoms with van der Waals surface area (Å²) >= 11 is 5.67. The molecule has 4 nitrogen and oxygen atoms in total. The molecule has 0 bridgehead atoms. The van der Waals surface area contributed by atoms with Crippen molar-refractivity contribution in [1.29, 1.82) is 0 Å². The summed E-state index contributed by atoms with van der Waals surface area (Å²) in [6, 6.07) is 6.22. The van der Waals surface area contributed by atoms with Crippen molar-refractivity contribution >= 4 is 27.5 Å². The first-order valence-corrected chi connectivity index (χ1v) is 6.21. The Morgan fingerprint density at radius 2 is 2.13 bits per heavy atom. The molecule has 1 aromatic carbocycles. The molecule has 15 heavy (non-hydrogen) atoms. The summed E-state index contributed by atoms with van der Waals surface area (Å²) in [4.78, 5) is 11.4. The molecule has 6 heteroatoms. The maximum Gasteiger partial charge on any atom is 0.264 e. The fourth-order valence-corrected chi connectivity index (χ4v) is 1.42. The summed E-state index contributed by atoms with van der Waals surface area (Å²) in [6.07, 6.45) is 0.887. The highest BCUT2D eigenvalue weighted by Gasteiger charge is 2.10. The largest absolute Gasteiger partial charge is 0.291 e. The van der Waals surface area contributed by atoms with Crippen molar-refractivity contribution in [2.45, 2.75) is 0 Å². The van der Waals surface area contributed by atoms with E-state index in [-0.39, 0.29) is 0 Å². The number of ketones is 1. The monoisotopic (exact) mass is 248 g/mol. The molecule has 0 radical (unpaired) electrons. The van der Waals surface area contributed by atoms with E-state index in [1.807, 2.05) is 0 Å². The lowest BCUT2D eigenvalue weighted by Crippen LogP contribution is -2.13. The molecular weight excluding hydrogens is 240 g/mol. The Balaban J connectivity index is 2.70. The number of Topliss-reactive ketones (excluding diaryl/α,β-unsaturated/α-hetero) is 1. The second kappa shape index (κ2) is 4.74. The summed E-state index contributed by atoms with van der Waals surface area (Å²) in [6.45, 7) is -0.501. The minimum absolute atomic E-state index is 0.325. The summed E-state index contributed by atoms with van der Waals surface area (Å²) in [5.74, 6) is -0.428. The number of rotatable bonds is 4. The lowest BCUT2D eigenvalue weighted by molar-refractivity contribution is 0.0925. The number of hydrogen-bond donors (Lipinski definition) is 0. The molecule has 0 saturated carbocycles. The van der Waals surface area contributed by atoms with Gasteiger partial charge in [0, 0.05) is 10.6 Å². The maximum absolute atomic E-state index is 11.4. The maximum atomic E-state index is 11.4. The van der Waals surface area contributed by atoms with Gasteiger partial charge >= 0.3 is 0 Å². The average molecular weight is 249 g/mol. The van der Waals surface area contributed by atoms with Crippen molar-refractivity contribution in [2.24, 2.45) is 0 Å². The van der Waals surface area contributed by atoms with Crippen LogP contribution in [0.2, 0.25) is 5.02 Å². The molecule has 1 rings (SSSR count). The van der Waals surface area contributed by atoms with E-state index >= 15 is 0 Å². The van der Waals surface area contributed by atoms with Crippen LogP contribution in [0.5, 0.6) is 0 Å². The molecule has 0 N–H and O–H groups in total. The molecule has 0 fully saturated rings. The third-order valence-electron chi connectivity index (χ3n) is 1.55. The zero-order valence-electron chi connectivity index (χ0n) is 7.94. The minimum atomic E-state index is -3.59. The third-order valence-corrected chi connectivity index (χ3v) is 2.33. The van der Waals surface area contributed by atoms with Crippen LogP contribution in [0.1, 0.15) is 10.4 Å². The van der Waals surface area contributed by atoms with Crippen LogP contribution in [-0.4, -0.2) is 27.1 Å². The molecule has 0 aliphatic rings. The number of carbonyl (C=O) groups excluding carboxylic acids is 1. The van der Waals surface area contributed by atoms with Crippen LogP contribution < -0.4 is 0 Å². The molecule has 0 amide bonds. The van der Waals surface area contributed by atoms with Crippen molar-refractivity contribution in [2.75, 3.05) is 12.9 Å². The van der Waals surface area contributed by atoms with E-state index in [1.165, 1.54) is 6.07 Å². The first-order chi connectivity index (χ1) is 6.88. The van der Waals surface area contributed by atoms with E-state index in [1.54, 1.807) is 18.2 Å². The molecule has 0 spiro atoms. The second-order valence-corrected chi connectivity index (χ2v) is 4.98. The van der Waals surface area contributed by atoms with Gasteiger partial charge in [0.25, 0.3) is 10.1 Å². The van der Waals surface area contributed by atoms with Crippen molar-refractivity contribution in [3.05, 3.63) is 34.9 Å². The number of halogens is 1. The highest BCUT2D eigenvalue weighted by atomic mass is 35.5. The Morgan fingerprint density at radius 3 is 2.67 bits per heavy atom. The smallest absolute Gasteiger partial charge is 0.264 e. The molecule has 0 heterocycles. The van der Waals surface area contributed by atoms with Gasteiger partial charge in [0.1, 0.15) is 6.61 Å². The fourth-order valence-electron chi connectivity index (χ4n) is 0.906. The van der Waals surface area contributed by atoms with Crippen molar-refractivity contribution < 1.29 is 17.4 Å². The van der Waals surface area contributed by atoms with Gasteiger partial charge in [-0.25, -0.2) is 0 Å². The van der Waals surface area contributed by atoms with Gasteiger partial charge in [-0.3, -0.25) is 8.98 Å². The zero-order valence-corrected chi connectivity index (χ0v) is 9.51. The Kier molecular flexibility index (Phi) is 3.84. The van der Waals surface area contributed by atoms with Gasteiger partial charge in [-0.2, -0.15) is 8.42 Å². The highest BCUT2D eigenvalue weighted by Crippen LogP contribution is 2.11. The molecule has 0 unspecified atom stereocenters. The van der Waals surface area contributed by atoms with Gasteiger partial charge in [-0.1, -0.05) is 23.7 Å². The summed E-state index contributed by atoms with van der Waals surface area (Å²) in [5, 5.41) is 0.417. The van der Waals surface area contributed by atoms with Crippen molar-refractivity contribution in [3.63, 3.8) is 0 Å². The third kappa shape index (κ3) is 4.42. The standard InChI is InChI=1S/C9H9ClO4S/c1-15(12,13)14-6-9(11)7-3-2-4-8(10)5-7/h2-5H,6H2,1H3. The highest BCUT2D eigenvalue weighted by molar-refractivity contribution is 7.86. The predicted octanol–water partition coefficient (Wildman–Crippen LogP) is 1.50. The first-order valence-electron chi connectivity index (χ1n) is 4.01. The minimum Gasteiger partial charge on any atom is -0.291 e. The fraction of sp³-hybridized carbons (Fsp3) is 0.222. The van der Waals surface area contributed by atoms with Crippen molar-refractivity contribution in [3.8, 4) is 0 Å². The molecule has 82 valence electrons. The Bertz CT molecular complexity index is 467. The summed E-state index contributed by atoms with van der Waals surface area (Å²) in [5.41, 5.74) is 0.325. The van der Waals surface area contributed by atoms with Gasteiger partial charge in [-0.15, -0.1) is 0 Å². The van der Waals surface area contributed by atoms with E-state index in [2.05, 4.69) is 4.18 Å². The normalized spacial score (nSPS) is 11.3. The van der Waals surface area contributed by atoms with Crippen LogP contribution in [0.15, 0.2) is 24.3 Å². The topological polar surface area (TPSA) is 60.4 Å². The van der Waals surface area contributed by atoms with Gasteiger partial charge in [0.05, 0.1) is 6.26 Å². The van der Waals surface area contributed by atoms with Crippen molar-refractivity contribution in [1.82, 2.24) is 0 Å². The molecule has 0 atom stereocenters. The second-order valence-electron chi connectivity index (χ2n) is 2.90. The lowest BCUT2D eigenvalue weighted by Gasteiger charge is -2.01. The van der Waals surface area contributed by atoms with Gasteiger partial charge < -0.3 is 0 Å². The van der Waals surface area contributed by atoms with E-state index in [9.17, 15) is 13.2 Å². The number of carbonyl (C=O) groups is 1. The Labute approximate surface area is 92.9 Å². The quantitative estimate of drug-likeness (QED) is 0.598. The number of hydrogen-bond acceptors (Lipinski definition) is 4. The van der Waals surface area contributed by atoms with Gasteiger partial charge in [-0.05, 0) is 12.1 Å². The predicted molar refractivity (Wildman–Crippen MR) is 56.6 cm³/mol. The first kappa shape index (κ1) is 12.2. The summed E-state index contributed by atoms with van der Waals surface area (Å²) < 4.78 is 25.6. The zero-order chi connectivity index (χ0) is 11.5. The van der Waals surface area contributed by atoms with E-state index in [0.717, 1.165) is 6.26 Å². The SMILES string of the molecule is CS(=O)(=O)OCC(=O)c1cccc(Cl)c1. The molecule has 1 aromatic rings. The Hall–Kier alpha value is -0.910. The average Bonchev–Trinajstić information content (AvgIpc) is 2.13. The number of benzene rings is 1. The molecule has 0 saturated heterocycles. The van der Waals surface area contributed by atoms with E-state index in [4.69, 9.17) is 11.6 Å². The van der Waals surface area contributed by atoms with Crippen LogP contribution in [0, 0.1) is 0 Å². The summed E-state index contributed by atoms with van der Waals surface area (Å²) in [7, 11) is -3.59. The van der Waals surface area contributed by atoms with E-state index in [0.29, 0.717) is 10.6 Å². The molecule has 0 aliphatic carbocycles.